The standard InChI is InChI=1S/C22H24N4/c1-4-17-10-7-8-15(2)21(17)25-22-23-16(3)14-20(24-22)26-13-12-18-9-5-6-11-19(18)26/h5-11,14H,4,12-13H2,1-3H3,(H,23,24,25). The number of fused-ring (bicyclic) bond motifs is 1. The topological polar surface area (TPSA) is 41.1 Å². The zero-order chi connectivity index (χ0) is 18.1. The van der Waals surface area contributed by atoms with Gasteiger partial charge in [0.15, 0.2) is 0 Å². The zero-order valence-corrected chi connectivity index (χ0v) is 15.6. The van der Waals surface area contributed by atoms with Gasteiger partial charge in [-0.15, -0.1) is 0 Å². The molecule has 0 fully saturated rings. The van der Waals surface area contributed by atoms with Crippen LogP contribution in [0.2, 0.25) is 0 Å². The van der Waals surface area contributed by atoms with Gasteiger partial charge in [0.2, 0.25) is 5.95 Å². The molecule has 0 saturated heterocycles. The highest BCUT2D eigenvalue weighted by atomic mass is 15.2. The van der Waals surface area contributed by atoms with Gasteiger partial charge in [0.05, 0.1) is 0 Å². The summed E-state index contributed by atoms with van der Waals surface area (Å²) in [6.07, 6.45) is 2.03. The van der Waals surface area contributed by atoms with E-state index in [1.165, 1.54) is 22.4 Å². The summed E-state index contributed by atoms with van der Waals surface area (Å²) in [7, 11) is 0. The third-order valence-electron chi connectivity index (χ3n) is 4.98. The number of benzene rings is 2. The summed E-state index contributed by atoms with van der Waals surface area (Å²) < 4.78 is 0. The average molecular weight is 344 g/mol. The van der Waals surface area contributed by atoms with E-state index in [4.69, 9.17) is 4.98 Å². The Morgan fingerprint density at radius 3 is 2.73 bits per heavy atom. The summed E-state index contributed by atoms with van der Waals surface area (Å²) in [5.74, 6) is 1.62. The van der Waals surface area contributed by atoms with E-state index in [1.807, 2.05) is 6.92 Å². The number of nitrogens with zero attached hydrogens (tertiary/aromatic N) is 3. The minimum Gasteiger partial charge on any atom is -0.326 e. The number of hydrogen-bond acceptors (Lipinski definition) is 4. The van der Waals surface area contributed by atoms with Crippen molar-refractivity contribution in [1.29, 1.82) is 0 Å². The van der Waals surface area contributed by atoms with Gasteiger partial charge in [0, 0.05) is 29.7 Å². The van der Waals surface area contributed by atoms with Crippen molar-refractivity contribution in [2.45, 2.75) is 33.6 Å². The monoisotopic (exact) mass is 344 g/mol. The van der Waals surface area contributed by atoms with Gasteiger partial charge in [-0.25, -0.2) is 4.98 Å². The van der Waals surface area contributed by atoms with Crippen molar-refractivity contribution >= 4 is 23.1 Å². The first kappa shape index (κ1) is 16.6. The van der Waals surface area contributed by atoms with E-state index in [1.54, 1.807) is 0 Å². The molecule has 26 heavy (non-hydrogen) atoms. The third kappa shape index (κ3) is 3.03. The number of hydrogen-bond donors (Lipinski definition) is 1. The maximum absolute atomic E-state index is 4.83. The van der Waals surface area contributed by atoms with Crippen molar-refractivity contribution in [3.05, 3.63) is 70.9 Å². The number of para-hydroxylation sites is 2. The lowest BCUT2D eigenvalue weighted by Crippen LogP contribution is -2.16. The number of aryl methyl sites for hydroxylation is 3. The largest absolute Gasteiger partial charge is 0.326 e. The smallest absolute Gasteiger partial charge is 0.229 e. The maximum Gasteiger partial charge on any atom is 0.229 e. The Kier molecular flexibility index (Phi) is 4.33. The quantitative estimate of drug-likeness (QED) is 0.715. The average Bonchev–Trinajstić information content (AvgIpc) is 3.07. The summed E-state index contributed by atoms with van der Waals surface area (Å²) in [5, 5.41) is 3.47. The normalized spacial score (nSPS) is 13.0. The molecule has 4 rings (SSSR count). The molecule has 0 saturated carbocycles. The molecule has 0 amide bonds. The molecule has 0 aliphatic carbocycles. The van der Waals surface area contributed by atoms with Gasteiger partial charge in [-0.3, -0.25) is 0 Å². The molecule has 0 spiro atoms. The van der Waals surface area contributed by atoms with Crippen molar-refractivity contribution in [3.63, 3.8) is 0 Å². The van der Waals surface area contributed by atoms with E-state index in [9.17, 15) is 0 Å². The van der Waals surface area contributed by atoms with Gasteiger partial charge in [-0.05, 0) is 49.4 Å². The van der Waals surface area contributed by atoms with Gasteiger partial charge in [-0.2, -0.15) is 4.98 Å². The lowest BCUT2D eigenvalue weighted by molar-refractivity contribution is 0.958. The molecule has 0 bridgehead atoms. The number of anilines is 4. The molecular formula is C22H24N4. The highest BCUT2D eigenvalue weighted by Crippen LogP contribution is 2.34. The van der Waals surface area contributed by atoms with E-state index in [0.29, 0.717) is 5.95 Å². The van der Waals surface area contributed by atoms with Gasteiger partial charge < -0.3 is 10.2 Å². The van der Waals surface area contributed by atoms with Crippen LogP contribution in [0.4, 0.5) is 23.1 Å². The van der Waals surface area contributed by atoms with E-state index in [-0.39, 0.29) is 0 Å². The van der Waals surface area contributed by atoms with E-state index in [0.717, 1.165) is 36.6 Å². The predicted octanol–water partition coefficient (Wildman–Crippen LogP) is 5.09. The van der Waals surface area contributed by atoms with Gasteiger partial charge >= 0.3 is 0 Å². The minimum atomic E-state index is 0.661. The van der Waals surface area contributed by atoms with Crippen molar-refractivity contribution < 1.29 is 0 Å². The lowest BCUT2D eigenvalue weighted by Gasteiger charge is -2.20. The molecule has 132 valence electrons. The molecular weight excluding hydrogens is 320 g/mol. The fourth-order valence-corrected chi connectivity index (χ4v) is 3.64. The van der Waals surface area contributed by atoms with Crippen LogP contribution in [-0.4, -0.2) is 16.5 Å². The molecule has 0 atom stereocenters. The van der Waals surface area contributed by atoms with E-state index >= 15 is 0 Å². The van der Waals surface area contributed by atoms with Crippen molar-refractivity contribution in [1.82, 2.24) is 9.97 Å². The maximum atomic E-state index is 4.83. The SMILES string of the molecule is CCc1cccc(C)c1Nc1nc(C)cc(N2CCc3ccccc32)n1. The second-order valence-corrected chi connectivity index (χ2v) is 6.81. The minimum absolute atomic E-state index is 0.661. The Morgan fingerprint density at radius 2 is 1.88 bits per heavy atom. The molecule has 0 radical (unpaired) electrons. The Hall–Kier alpha value is -2.88. The molecule has 1 aromatic heterocycles. The van der Waals surface area contributed by atoms with Crippen LogP contribution in [-0.2, 0) is 12.8 Å². The van der Waals surface area contributed by atoms with Crippen molar-refractivity contribution in [2.75, 3.05) is 16.8 Å². The van der Waals surface area contributed by atoms with Crippen LogP contribution in [0.3, 0.4) is 0 Å². The van der Waals surface area contributed by atoms with Crippen LogP contribution in [0.1, 0.15) is 29.3 Å². The van der Waals surface area contributed by atoms with E-state index < -0.39 is 0 Å². The van der Waals surface area contributed by atoms with Crippen LogP contribution in [0.15, 0.2) is 48.5 Å². The molecule has 2 heterocycles. The third-order valence-corrected chi connectivity index (χ3v) is 4.98. The summed E-state index contributed by atoms with van der Waals surface area (Å²) in [4.78, 5) is 11.7. The second kappa shape index (κ2) is 6.79. The first-order chi connectivity index (χ1) is 12.7. The van der Waals surface area contributed by atoms with Gasteiger partial charge in [-0.1, -0.05) is 43.3 Å². The molecule has 2 aromatic carbocycles. The van der Waals surface area contributed by atoms with Crippen LogP contribution >= 0.6 is 0 Å². The van der Waals surface area contributed by atoms with Crippen LogP contribution in [0.5, 0.6) is 0 Å². The first-order valence-electron chi connectivity index (χ1n) is 9.22. The Morgan fingerprint density at radius 1 is 1.04 bits per heavy atom. The number of nitrogens with one attached hydrogen (secondary N) is 1. The number of aromatic nitrogens is 2. The molecule has 4 nitrogen and oxygen atoms in total. The van der Waals surface area contributed by atoms with Gasteiger partial charge in [0.25, 0.3) is 0 Å². The summed E-state index contributed by atoms with van der Waals surface area (Å²) >= 11 is 0. The molecule has 0 unspecified atom stereocenters. The zero-order valence-electron chi connectivity index (χ0n) is 15.6. The van der Waals surface area contributed by atoms with Crippen molar-refractivity contribution in [2.24, 2.45) is 0 Å². The first-order valence-corrected chi connectivity index (χ1v) is 9.22. The van der Waals surface area contributed by atoms with Crippen LogP contribution in [0, 0.1) is 13.8 Å². The summed E-state index contributed by atoms with van der Waals surface area (Å²) in [5.41, 5.74) is 7.21. The second-order valence-electron chi connectivity index (χ2n) is 6.81. The van der Waals surface area contributed by atoms with Crippen molar-refractivity contribution in [3.8, 4) is 0 Å². The van der Waals surface area contributed by atoms with Crippen LogP contribution in [0.25, 0.3) is 0 Å². The predicted molar refractivity (Wildman–Crippen MR) is 108 cm³/mol. The highest BCUT2D eigenvalue weighted by Gasteiger charge is 2.21. The summed E-state index contributed by atoms with van der Waals surface area (Å²) in [6, 6.07) is 17.0. The van der Waals surface area contributed by atoms with Crippen LogP contribution < -0.4 is 10.2 Å². The molecule has 4 heteroatoms. The highest BCUT2D eigenvalue weighted by molar-refractivity contribution is 5.69. The molecule has 1 aliphatic heterocycles. The fraction of sp³-hybridized carbons (Fsp3) is 0.273. The fourth-order valence-electron chi connectivity index (χ4n) is 3.64. The Labute approximate surface area is 154 Å². The summed E-state index contributed by atoms with van der Waals surface area (Å²) in [6.45, 7) is 7.27. The van der Waals surface area contributed by atoms with E-state index in [2.05, 4.69) is 77.6 Å². The lowest BCUT2D eigenvalue weighted by atomic mass is 10.1. The molecule has 3 aromatic rings. The Bertz CT molecular complexity index is 949. The molecule has 1 aliphatic rings. The molecule has 1 N–H and O–H groups in total. The Balaban J connectivity index is 1.70. The van der Waals surface area contributed by atoms with Gasteiger partial charge in [0.1, 0.15) is 5.82 Å². The number of rotatable bonds is 4.